The van der Waals surface area contributed by atoms with E-state index in [0.717, 1.165) is 69.7 Å². The molecule has 0 N–H and O–H groups in total. The van der Waals surface area contributed by atoms with Crippen molar-refractivity contribution in [3.05, 3.63) is 79.0 Å². The summed E-state index contributed by atoms with van der Waals surface area (Å²) >= 11 is 8.15. The molecule has 5 heterocycles. The quantitative estimate of drug-likeness (QED) is 0.292. The normalized spacial score (nSPS) is 17.6. The maximum Gasteiger partial charge on any atom is 0.345 e. The first kappa shape index (κ1) is 28.0. The molecule has 12 heteroatoms. The molecule has 0 saturated carbocycles. The van der Waals surface area contributed by atoms with Crippen molar-refractivity contribution < 1.29 is 13.5 Å². The van der Waals surface area contributed by atoms with Crippen LogP contribution in [0.15, 0.2) is 52.3 Å². The average Bonchev–Trinajstić information content (AvgIpc) is 3.57. The van der Waals surface area contributed by atoms with Crippen LogP contribution in [-0.4, -0.2) is 65.0 Å². The molecule has 0 unspecified atom stereocenters. The van der Waals surface area contributed by atoms with E-state index in [1.807, 2.05) is 18.2 Å². The lowest BCUT2D eigenvalue weighted by Crippen LogP contribution is -2.41. The SMILES string of the molecule is CN1CC[C@H](N2CCCc3cc(Cl)cc(-c4ccnc5cc(Cn6c(=O)ccn(CCOC(F)F)c6=O)sc45)c32)C1. The van der Waals surface area contributed by atoms with Gasteiger partial charge >= 0.3 is 12.3 Å². The van der Waals surface area contributed by atoms with E-state index in [-0.39, 0.29) is 19.7 Å². The topological polar surface area (TPSA) is 72.6 Å². The molecule has 0 bridgehead atoms. The van der Waals surface area contributed by atoms with Crippen molar-refractivity contribution in [3.63, 3.8) is 0 Å². The minimum atomic E-state index is -2.92. The first-order valence-electron chi connectivity index (χ1n) is 13.6. The van der Waals surface area contributed by atoms with Gasteiger partial charge < -0.3 is 14.5 Å². The van der Waals surface area contributed by atoms with E-state index < -0.39 is 17.9 Å². The number of alkyl halides is 2. The molecule has 41 heavy (non-hydrogen) atoms. The second kappa shape index (κ2) is 11.6. The van der Waals surface area contributed by atoms with Gasteiger partial charge in [0.25, 0.3) is 5.56 Å². The molecule has 1 saturated heterocycles. The third kappa shape index (κ3) is 5.68. The second-order valence-corrected chi connectivity index (χ2v) is 12.2. The highest BCUT2D eigenvalue weighted by molar-refractivity contribution is 7.19. The lowest BCUT2D eigenvalue weighted by Gasteiger charge is -2.38. The first-order chi connectivity index (χ1) is 19.8. The summed E-state index contributed by atoms with van der Waals surface area (Å²) in [6, 6.07) is 9.72. The van der Waals surface area contributed by atoms with Crippen LogP contribution in [0.1, 0.15) is 23.3 Å². The minimum Gasteiger partial charge on any atom is -0.366 e. The van der Waals surface area contributed by atoms with E-state index in [0.29, 0.717) is 11.1 Å². The molecule has 3 aromatic heterocycles. The van der Waals surface area contributed by atoms with Gasteiger partial charge in [-0.1, -0.05) is 11.6 Å². The van der Waals surface area contributed by atoms with Crippen molar-refractivity contribution >= 4 is 38.8 Å². The summed E-state index contributed by atoms with van der Waals surface area (Å²) in [4.78, 5) is 35.9. The number of aryl methyl sites for hydroxylation is 1. The van der Waals surface area contributed by atoms with Crippen LogP contribution in [0.25, 0.3) is 21.3 Å². The van der Waals surface area contributed by atoms with Crippen LogP contribution in [0.2, 0.25) is 5.02 Å². The molecule has 216 valence electrons. The number of thiophene rings is 1. The lowest BCUT2D eigenvalue weighted by molar-refractivity contribution is -0.130. The summed E-state index contributed by atoms with van der Waals surface area (Å²) < 4.78 is 32.3. The fraction of sp³-hybridized carbons (Fsp3) is 0.414. The van der Waals surface area contributed by atoms with Gasteiger partial charge in [0.1, 0.15) is 0 Å². The van der Waals surface area contributed by atoms with E-state index in [1.165, 1.54) is 39.4 Å². The number of halogens is 3. The number of fused-ring (bicyclic) bond motifs is 2. The van der Waals surface area contributed by atoms with Gasteiger partial charge in [-0.3, -0.25) is 18.9 Å². The van der Waals surface area contributed by atoms with Gasteiger partial charge in [-0.15, -0.1) is 11.3 Å². The van der Waals surface area contributed by atoms with E-state index in [2.05, 4.69) is 32.6 Å². The average molecular weight is 602 g/mol. The molecule has 8 nitrogen and oxygen atoms in total. The molecular weight excluding hydrogens is 572 g/mol. The van der Waals surface area contributed by atoms with Gasteiger partial charge in [0.15, 0.2) is 0 Å². The number of rotatable bonds is 8. The zero-order valence-corrected chi connectivity index (χ0v) is 24.1. The van der Waals surface area contributed by atoms with E-state index >= 15 is 0 Å². The summed E-state index contributed by atoms with van der Waals surface area (Å²) in [5, 5.41) is 0.693. The van der Waals surface area contributed by atoms with Crippen molar-refractivity contribution in [1.29, 1.82) is 0 Å². The number of aromatic nitrogens is 3. The predicted molar refractivity (Wildman–Crippen MR) is 158 cm³/mol. The van der Waals surface area contributed by atoms with Crippen molar-refractivity contribution in [2.75, 3.05) is 38.2 Å². The Morgan fingerprint density at radius 3 is 2.80 bits per heavy atom. The van der Waals surface area contributed by atoms with Crippen molar-refractivity contribution in [3.8, 4) is 11.1 Å². The second-order valence-electron chi connectivity index (χ2n) is 10.6. The molecule has 1 atom stereocenters. The molecule has 4 aromatic rings. The number of likely N-dealkylation sites (tertiary alicyclic amines) is 1. The molecular formula is C29H30ClF2N5O3S. The van der Waals surface area contributed by atoms with Crippen LogP contribution in [0.3, 0.4) is 0 Å². The Bertz CT molecular complexity index is 1700. The fourth-order valence-corrected chi connectivity index (χ4v) is 7.39. The monoisotopic (exact) mass is 601 g/mol. The van der Waals surface area contributed by atoms with Gasteiger partial charge in [-0.25, -0.2) is 4.79 Å². The summed E-state index contributed by atoms with van der Waals surface area (Å²) in [6.07, 6.45) is 6.25. The number of likely N-dealkylation sites (N-methyl/N-ethyl adjacent to an activating group) is 1. The molecule has 2 aliphatic heterocycles. The van der Waals surface area contributed by atoms with Gasteiger partial charge in [0.05, 0.1) is 29.9 Å². The smallest absolute Gasteiger partial charge is 0.345 e. The zero-order chi connectivity index (χ0) is 28.7. The number of nitrogens with zero attached hydrogens (tertiary/aromatic N) is 5. The Labute approximate surface area is 244 Å². The third-order valence-electron chi connectivity index (χ3n) is 7.88. The molecule has 2 aliphatic rings. The number of anilines is 1. The van der Waals surface area contributed by atoms with E-state index in [9.17, 15) is 18.4 Å². The molecule has 0 spiro atoms. The van der Waals surface area contributed by atoms with Crippen LogP contribution in [-0.2, 0) is 24.2 Å². The first-order valence-corrected chi connectivity index (χ1v) is 14.8. The highest BCUT2D eigenvalue weighted by atomic mass is 35.5. The lowest BCUT2D eigenvalue weighted by atomic mass is 9.92. The van der Waals surface area contributed by atoms with Crippen LogP contribution in [0, 0.1) is 0 Å². The minimum absolute atomic E-state index is 0.0445. The fourth-order valence-electron chi connectivity index (χ4n) is 6.02. The van der Waals surface area contributed by atoms with Gasteiger partial charge in [0.2, 0.25) is 0 Å². The Balaban J connectivity index is 1.38. The summed E-state index contributed by atoms with van der Waals surface area (Å²) in [6.45, 7) is -0.216. The van der Waals surface area contributed by atoms with Crippen molar-refractivity contribution in [1.82, 2.24) is 19.0 Å². The van der Waals surface area contributed by atoms with Gasteiger partial charge in [-0.05, 0) is 62.7 Å². The molecule has 0 amide bonds. The molecule has 0 aliphatic carbocycles. The number of pyridine rings is 1. The van der Waals surface area contributed by atoms with Crippen molar-refractivity contribution in [2.24, 2.45) is 0 Å². The molecule has 1 fully saturated rings. The molecule has 6 rings (SSSR count). The third-order valence-corrected chi connectivity index (χ3v) is 9.24. The zero-order valence-electron chi connectivity index (χ0n) is 22.6. The van der Waals surface area contributed by atoms with Crippen LogP contribution in [0.5, 0.6) is 0 Å². The Hall–Kier alpha value is -3.12. The summed E-state index contributed by atoms with van der Waals surface area (Å²) in [7, 11) is 2.16. The molecule has 0 radical (unpaired) electrons. The Kier molecular flexibility index (Phi) is 7.95. The van der Waals surface area contributed by atoms with Crippen LogP contribution < -0.4 is 16.1 Å². The Morgan fingerprint density at radius 1 is 1.17 bits per heavy atom. The number of hydrogen-bond donors (Lipinski definition) is 0. The van der Waals surface area contributed by atoms with E-state index in [4.69, 9.17) is 11.6 Å². The standard InChI is InChI=1S/C29H30ClF2N5O3S/c1-34-9-5-20(16-34)36-8-2-3-18-13-19(30)14-23(26(18)36)22-4-7-33-24-15-21(41-27(22)24)17-37-25(38)6-10-35(29(37)39)11-12-40-28(31)32/h4,6-7,10,13-15,20,28H,2-3,5,8-9,11-12,16-17H2,1H3/t20-/m0/s1. The Morgan fingerprint density at radius 2 is 2.02 bits per heavy atom. The molecule has 1 aromatic carbocycles. The number of benzene rings is 1. The van der Waals surface area contributed by atoms with Gasteiger partial charge in [-0.2, -0.15) is 8.78 Å². The summed E-state index contributed by atoms with van der Waals surface area (Å²) in [5.74, 6) is 0. The van der Waals surface area contributed by atoms with E-state index in [1.54, 1.807) is 6.20 Å². The highest BCUT2D eigenvalue weighted by Crippen LogP contribution is 2.44. The maximum absolute atomic E-state index is 13.0. The largest absolute Gasteiger partial charge is 0.366 e. The highest BCUT2D eigenvalue weighted by Gasteiger charge is 2.31. The van der Waals surface area contributed by atoms with Crippen LogP contribution in [0.4, 0.5) is 14.5 Å². The van der Waals surface area contributed by atoms with Gasteiger partial charge in [0, 0.05) is 64.3 Å². The van der Waals surface area contributed by atoms with Crippen molar-refractivity contribution in [2.45, 2.75) is 45.0 Å². The summed E-state index contributed by atoms with van der Waals surface area (Å²) in [5.41, 5.74) is 4.30. The van der Waals surface area contributed by atoms with Crippen LogP contribution >= 0.6 is 22.9 Å². The maximum atomic E-state index is 13.0. The number of ether oxygens (including phenoxy) is 1. The number of hydrogen-bond acceptors (Lipinski definition) is 7. The predicted octanol–water partition coefficient (Wildman–Crippen LogP) is 4.68.